The molecule has 0 fully saturated rings. The number of ether oxygens (including phenoxy) is 1. The highest BCUT2D eigenvalue weighted by Gasteiger charge is 2.01. The van der Waals surface area contributed by atoms with Crippen molar-refractivity contribution in [2.45, 2.75) is 6.61 Å². The molecule has 0 spiro atoms. The van der Waals surface area contributed by atoms with E-state index in [9.17, 15) is 4.39 Å². The van der Waals surface area contributed by atoms with Crippen molar-refractivity contribution in [2.75, 3.05) is 0 Å². The maximum Gasteiger partial charge on any atom is 0.123 e. The molecule has 0 bridgehead atoms. The lowest BCUT2D eigenvalue weighted by molar-refractivity contribution is 0.307. The van der Waals surface area contributed by atoms with Crippen molar-refractivity contribution >= 4 is 10.8 Å². The van der Waals surface area contributed by atoms with Gasteiger partial charge in [-0.2, -0.15) is 0 Å². The molecule has 0 unspecified atom stereocenters. The van der Waals surface area contributed by atoms with Crippen molar-refractivity contribution < 1.29 is 9.13 Å². The van der Waals surface area contributed by atoms with E-state index in [1.807, 2.05) is 24.3 Å². The monoisotopic (exact) mass is 252 g/mol. The standard InChI is InChI=1S/C17H13FO/c18-15-8-10-16(11-9-15)19-12-14-6-3-5-13-4-1-2-7-17(13)14/h1-11H,12H2. The minimum Gasteiger partial charge on any atom is -0.489 e. The molecule has 0 aliphatic heterocycles. The average molecular weight is 252 g/mol. The van der Waals surface area contributed by atoms with Crippen molar-refractivity contribution in [3.63, 3.8) is 0 Å². The summed E-state index contributed by atoms with van der Waals surface area (Å²) in [5.74, 6) is 0.423. The van der Waals surface area contributed by atoms with Crippen molar-refractivity contribution in [1.82, 2.24) is 0 Å². The van der Waals surface area contributed by atoms with Gasteiger partial charge < -0.3 is 4.74 Å². The minimum atomic E-state index is -0.252. The van der Waals surface area contributed by atoms with Crippen LogP contribution in [-0.2, 0) is 6.61 Å². The molecule has 19 heavy (non-hydrogen) atoms. The van der Waals surface area contributed by atoms with E-state index < -0.39 is 0 Å². The lowest BCUT2D eigenvalue weighted by Gasteiger charge is -2.09. The third-order valence-corrected chi connectivity index (χ3v) is 3.09. The van der Waals surface area contributed by atoms with E-state index in [4.69, 9.17) is 4.74 Å². The molecule has 0 amide bonds. The van der Waals surface area contributed by atoms with Gasteiger partial charge in [-0.05, 0) is 40.6 Å². The molecule has 3 aromatic rings. The van der Waals surface area contributed by atoms with E-state index >= 15 is 0 Å². The maximum absolute atomic E-state index is 12.8. The van der Waals surface area contributed by atoms with Gasteiger partial charge in [0.05, 0.1) is 0 Å². The molecule has 0 radical (unpaired) electrons. The summed E-state index contributed by atoms with van der Waals surface area (Å²) in [6.45, 7) is 0.479. The first-order valence-electron chi connectivity index (χ1n) is 6.18. The van der Waals surface area contributed by atoms with E-state index in [0.717, 1.165) is 5.56 Å². The first kappa shape index (κ1) is 11.7. The largest absolute Gasteiger partial charge is 0.489 e. The molecule has 3 aromatic carbocycles. The van der Waals surface area contributed by atoms with Gasteiger partial charge in [-0.15, -0.1) is 0 Å². The van der Waals surface area contributed by atoms with Crippen LogP contribution in [0.15, 0.2) is 66.7 Å². The summed E-state index contributed by atoms with van der Waals surface area (Å²) in [6, 6.07) is 20.4. The summed E-state index contributed by atoms with van der Waals surface area (Å²) in [5, 5.41) is 2.38. The zero-order valence-corrected chi connectivity index (χ0v) is 10.3. The molecule has 1 nitrogen and oxygen atoms in total. The van der Waals surface area contributed by atoms with E-state index in [1.54, 1.807) is 12.1 Å². The Morgan fingerprint density at radius 3 is 2.37 bits per heavy atom. The molecular formula is C17H13FO. The summed E-state index contributed by atoms with van der Waals surface area (Å²) < 4.78 is 18.5. The number of hydrogen-bond acceptors (Lipinski definition) is 1. The van der Waals surface area contributed by atoms with Crippen LogP contribution >= 0.6 is 0 Å². The van der Waals surface area contributed by atoms with Crippen molar-refractivity contribution in [3.8, 4) is 5.75 Å². The van der Waals surface area contributed by atoms with Crippen LogP contribution in [0.3, 0.4) is 0 Å². The molecule has 2 heteroatoms. The Morgan fingerprint density at radius 2 is 1.53 bits per heavy atom. The van der Waals surface area contributed by atoms with E-state index in [1.165, 1.54) is 22.9 Å². The molecule has 0 N–H and O–H groups in total. The van der Waals surface area contributed by atoms with Crippen LogP contribution in [-0.4, -0.2) is 0 Å². The topological polar surface area (TPSA) is 9.23 Å². The van der Waals surface area contributed by atoms with Gasteiger partial charge in [0.15, 0.2) is 0 Å². The van der Waals surface area contributed by atoms with Crippen LogP contribution in [0.2, 0.25) is 0 Å². The highest BCUT2D eigenvalue weighted by Crippen LogP contribution is 2.20. The highest BCUT2D eigenvalue weighted by molar-refractivity contribution is 5.85. The van der Waals surface area contributed by atoms with Gasteiger partial charge in [0.2, 0.25) is 0 Å². The van der Waals surface area contributed by atoms with Gasteiger partial charge in [0.25, 0.3) is 0 Å². The molecule has 0 aliphatic carbocycles. The third kappa shape index (κ3) is 2.58. The number of fused-ring (bicyclic) bond motifs is 1. The molecular weight excluding hydrogens is 239 g/mol. The lowest BCUT2D eigenvalue weighted by Crippen LogP contribution is -1.96. The Balaban J connectivity index is 1.84. The smallest absolute Gasteiger partial charge is 0.123 e. The predicted octanol–water partition coefficient (Wildman–Crippen LogP) is 4.56. The van der Waals surface area contributed by atoms with Crippen LogP contribution in [0.25, 0.3) is 10.8 Å². The van der Waals surface area contributed by atoms with Crippen LogP contribution in [0, 0.1) is 5.82 Å². The Hall–Kier alpha value is -2.35. The Morgan fingerprint density at radius 1 is 0.789 bits per heavy atom. The van der Waals surface area contributed by atoms with Crippen molar-refractivity contribution in [3.05, 3.63) is 78.1 Å². The molecule has 3 rings (SSSR count). The molecule has 0 aromatic heterocycles. The van der Waals surface area contributed by atoms with Gasteiger partial charge in [-0.3, -0.25) is 0 Å². The predicted molar refractivity (Wildman–Crippen MR) is 74.7 cm³/mol. The van der Waals surface area contributed by atoms with Crippen LogP contribution in [0.1, 0.15) is 5.56 Å². The average Bonchev–Trinajstić information content (AvgIpc) is 2.47. The molecule has 0 heterocycles. The van der Waals surface area contributed by atoms with Gasteiger partial charge in [-0.25, -0.2) is 4.39 Å². The summed E-state index contributed by atoms with van der Waals surface area (Å²) >= 11 is 0. The van der Waals surface area contributed by atoms with Crippen molar-refractivity contribution in [1.29, 1.82) is 0 Å². The molecule has 94 valence electrons. The Kier molecular flexibility index (Phi) is 3.15. The fourth-order valence-corrected chi connectivity index (χ4v) is 2.11. The number of rotatable bonds is 3. The fraction of sp³-hybridized carbons (Fsp3) is 0.0588. The quantitative estimate of drug-likeness (QED) is 0.664. The molecule has 0 saturated carbocycles. The first-order chi connectivity index (χ1) is 9.33. The van der Waals surface area contributed by atoms with Crippen LogP contribution in [0.4, 0.5) is 4.39 Å². The van der Waals surface area contributed by atoms with Gasteiger partial charge in [-0.1, -0.05) is 42.5 Å². The second-order valence-corrected chi connectivity index (χ2v) is 4.38. The second-order valence-electron chi connectivity index (χ2n) is 4.38. The number of hydrogen-bond donors (Lipinski definition) is 0. The van der Waals surface area contributed by atoms with Crippen LogP contribution < -0.4 is 4.74 Å². The van der Waals surface area contributed by atoms with E-state index in [-0.39, 0.29) is 5.82 Å². The molecule has 0 atom stereocenters. The zero-order chi connectivity index (χ0) is 13.1. The zero-order valence-electron chi connectivity index (χ0n) is 10.3. The van der Waals surface area contributed by atoms with Gasteiger partial charge >= 0.3 is 0 Å². The lowest BCUT2D eigenvalue weighted by atomic mass is 10.1. The SMILES string of the molecule is Fc1ccc(OCc2cccc3ccccc23)cc1. The van der Waals surface area contributed by atoms with Crippen molar-refractivity contribution in [2.24, 2.45) is 0 Å². The summed E-state index contributed by atoms with van der Waals surface area (Å²) in [7, 11) is 0. The summed E-state index contributed by atoms with van der Waals surface area (Å²) in [6.07, 6.45) is 0. The molecule has 0 aliphatic rings. The number of halogens is 1. The third-order valence-electron chi connectivity index (χ3n) is 3.09. The van der Waals surface area contributed by atoms with Gasteiger partial charge in [0.1, 0.15) is 18.2 Å². The Labute approximate surface area is 111 Å². The highest BCUT2D eigenvalue weighted by atomic mass is 19.1. The minimum absolute atomic E-state index is 0.252. The second kappa shape index (κ2) is 5.11. The molecule has 0 saturated heterocycles. The summed E-state index contributed by atoms with van der Waals surface area (Å²) in [5.41, 5.74) is 1.13. The normalized spacial score (nSPS) is 10.6. The van der Waals surface area contributed by atoms with Gasteiger partial charge in [0, 0.05) is 0 Å². The first-order valence-corrected chi connectivity index (χ1v) is 6.18. The van der Waals surface area contributed by atoms with E-state index in [0.29, 0.717) is 12.4 Å². The number of benzene rings is 3. The maximum atomic E-state index is 12.8. The summed E-state index contributed by atoms with van der Waals surface area (Å²) in [4.78, 5) is 0. The van der Waals surface area contributed by atoms with E-state index in [2.05, 4.69) is 18.2 Å². The fourth-order valence-electron chi connectivity index (χ4n) is 2.11. The van der Waals surface area contributed by atoms with Crippen LogP contribution in [0.5, 0.6) is 5.75 Å². The Bertz CT molecular complexity index is 684.